The van der Waals surface area contributed by atoms with Crippen molar-refractivity contribution in [1.29, 1.82) is 0 Å². The van der Waals surface area contributed by atoms with Crippen LogP contribution in [-0.4, -0.2) is 0 Å². The van der Waals surface area contributed by atoms with Gasteiger partial charge in [-0.2, -0.15) is 0 Å². The second-order valence-corrected chi connectivity index (χ2v) is 7.54. The molecular weight excluding hydrogens is 337 g/mol. The molecule has 0 aromatic heterocycles. The first-order valence-electron chi connectivity index (χ1n) is 7.56. The average Bonchev–Trinajstić information content (AvgIpc) is 2.43. The van der Waals surface area contributed by atoms with Crippen molar-refractivity contribution in [2.24, 2.45) is 0 Å². The van der Waals surface area contributed by atoms with Gasteiger partial charge in [-0.1, -0.05) is 69.1 Å². The van der Waals surface area contributed by atoms with Crippen molar-refractivity contribution >= 4 is 23.2 Å². The van der Waals surface area contributed by atoms with Crippen LogP contribution in [0.25, 0.3) is 0 Å². The lowest BCUT2D eigenvalue weighted by molar-refractivity contribution is 0.479. The molecule has 0 saturated heterocycles. The lowest BCUT2D eigenvalue weighted by Gasteiger charge is -2.28. The molecule has 0 radical (unpaired) electrons. The van der Waals surface area contributed by atoms with Crippen LogP contribution in [0.15, 0.2) is 30.3 Å². The Hall–Kier alpha value is -1.12. The minimum absolute atomic E-state index is 0.0515. The van der Waals surface area contributed by atoms with Crippen LogP contribution < -0.4 is 0 Å². The third-order valence-corrected chi connectivity index (χ3v) is 4.81. The van der Waals surface area contributed by atoms with E-state index < -0.39 is 11.2 Å². The predicted molar refractivity (Wildman–Crippen MR) is 93.6 cm³/mol. The molecule has 0 aliphatic rings. The van der Waals surface area contributed by atoms with Crippen molar-refractivity contribution < 1.29 is 8.78 Å². The van der Waals surface area contributed by atoms with Crippen molar-refractivity contribution in [2.75, 3.05) is 0 Å². The third kappa shape index (κ3) is 3.70. The Morgan fingerprint density at radius 3 is 2.26 bits per heavy atom. The van der Waals surface area contributed by atoms with E-state index >= 15 is 0 Å². The summed E-state index contributed by atoms with van der Waals surface area (Å²) in [7, 11) is 0. The average molecular weight is 357 g/mol. The second kappa shape index (κ2) is 6.78. The van der Waals surface area contributed by atoms with Crippen molar-refractivity contribution in [3.63, 3.8) is 0 Å². The van der Waals surface area contributed by atoms with E-state index in [0.717, 1.165) is 0 Å². The van der Waals surface area contributed by atoms with Gasteiger partial charge in [-0.05, 0) is 41.0 Å². The first-order chi connectivity index (χ1) is 10.6. The summed E-state index contributed by atoms with van der Waals surface area (Å²) in [5, 5.41) is 0.474. The van der Waals surface area contributed by atoms with Crippen LogP contribution in [0.5, 0.6) is 0 Å². The van der Waals surface area contributed by atoms with Gasteiger partial charge in [0, 0.05) is 10.6 Å². The van der Waals surface area contributed by atoms with Gasteiger partial charge in [0.15, 0.2) is 0 Å². The van der Waals surface area contributed by atoms with Crippen LogP contribution in [0.2, 0.25) is 10.0 Å². The molecule has 124 valence electrons. The Kier molecular flexibility index (Phi) is 5.37. The first-order valence-corrected chi connectivity index (χ1v) is 8.32. The zero-order chi connectivity index (χ0) is 17.4. The highest BCUT2D eigenvalue weighted by Crippen LogP contribution is 2.37. The van der Waals surface area contributed by atoms with E-state index in [1.807, 2.05) is 33.8 Å². The van der Waals surface area contributed by atoms with Crippen molar-refractivity contribution in [3.8, 4) is 0 Å². The molecule has 0 aliphatic carbocycles. The minimum atomic E-state index is -0.613. The maximum Gasteiger partial charge on any atom is 0.145 e. The Bertz CT molecular complexity index is 701. The van der Waals surface area contributed by atoms with Gasteiger partial charge in [-0.15, -0.1) is 0 Å². The highest BCUT2D eigenvalue weighted by Gasteiger charge is 2.29. The smallest absolute Gasteiger partial charge is 0.145 e. The van der Waals surface area contributed by atoms with Crippen LogP contribution in [0.1, 0.15) is 50.3 Å². The van der Waals surface area contributed by atoms with Gasteiger partial charge in [0.2, 0.25) is 0 Å². The topological polar surface area (TPSA) is 0 Å². The molecule has 0 spiro atoms. The summed E-state index contributed by atoms with van der Waals surface area (Å²) in [5.74, 6) is -0.705. The lowest BCUT2D eigenvalue weighted by atomic mass is 9.78. The Labute approximate surface area is 146 Å². The van der Waals surface area contributed by atoms with Crippen molar-refractivity contribution in [3.05, 3.63) is 68.7 Å². The van der Waals surface area contributed by atoms with Gasteiger partial charge < -0.3 is 0 Å². The number of benzene rings is 2. The fraction of sp³-hybridized carbons (Fsp3) is 0.368. The molecule has 2 rings (SSSR count). The van der Waals surface area contributed by atoms with Crippen molar-refractivity contribution in [2.45, 2.75) is 45.4 Å². The maximum absolute atomic E-state index is 14.4. The second-order valence-electron chi connectivity index (χ2n) is 6.75. The molecule has 0 amide bonds. The first kappa shape index (κ1) is 18.2. The summed E-state index contributed by atoms with van der Waals surface area (Å²) in [6.07, 6.45) is 0.391. The van der Waals surface area contributed by atoms with Gasteiger partial charge in [-0.25, -0.2) is 8.78 Å². The van der Waals surface area contributed by atoms with Gasteiger partial charge in [0.1, 0.15) is 11.6 Å². The molecule has 0 saturated carbocycles. The molecule has 0 atom stereocenters. The van der Waals surface area contributed by atoms with E-state index in [2.05, 4.69) is 0 Å². The highest BCUT2D eigenvalue weighted by molar-refractivity contribution is 6.32. The standard InChI is InChI=1S/C19H20Cl2F2/c1-11(2)13-9-8-12(17(21)18(13)23)10-19(3,4)16-14(20)6-5-7-15(16)22/h5-9,11H,10H2,1-4H3. The van der Waals surface area contributed by atoms with Gasteiger partial charge >= 0.3 is 0 Å². The lowest BCUT2D eigenvalue weighted by Crippen LogP contribution is -2.23. The van der Waals surface area contributed by atoms with Crippen LogP contribution in [0, 0.1) is 11.6 Å². The summed E-state index contributed by atoms with van der Waals surface area (Å²) >= 11 is 12.4. The zero-order valence-electron chi connectivity index (χ0n) is 13.7. The van der Waals surface area contributed by atoms with Crippen LogP contribution >= 0.6 is 23.2 Å². The fourth-order valence-corrected chi connectivity index (χ4v) is 3.55. The van der Waals surface area contributed by atoms with E-state index in [1.54, 1.807) is 18.2 Å². The molecular formula is C19H20Cl2F2. The zero-order valence-corrected chi connectivity index (χ0v) is 15.2. The summed E-state index contributed by atoms with van der Waals surface area (Å²) in [6, 6.07) is 8.18. The summed E-state index contributed by atoms with van der Waals surface area (Å²) < 4.78 is 28.6. The van der Waals surface area contributed by atoms with E-state index in [-0.39, 0.29) is 16.8 Å². The highest BCUT2D eigenvalue weighted by atomic mass is 35.5. The Morgan fingerprint density at radius 1 is 1.04 bits per heavy atom. The van der Waals surface area contributed by atoms with Crippen LogP contribution in [-0.2, 0) is 11.8 Å². The molecule has 0 unspecified atom stereocenters. The third-order valence-electron chi connectivity index (χ3n) is 4.09. The van der Waals surface area contributed by atoms with Gasteiger partial charge in [-0.3, -0.25) is 0 Å². The normalized spacial score (nSPS) is 12.0. The maximum atomic E-state index is 14.4. The number of hydrogen-bond acceptors (Lipinski definition) is 0. The Balaban J connectivity index is 2.44. The molecule has 2 aromatic carbocycles. The van der Waals surface area contributed by atoms with Crippen molar-refractivity contribution in [1.82, 2.24) is 0 Å². The number of halogens is 4. The molecule has 0 heterocycles. The minimum Gasteiger partial charge on any atom is -0.207 e. The summed E-state index contributed by atoms with van der Waals surface area (Å²) in [6.45, 7) is 7.58. The molecule has 4 heteroatoms. The Morgan fingerprint density at radius 2 is 1.70 bits per heavy atom. The molecule has 0 N–H and O–H groups in total. The molecule has 23 heavy (non-hydrogen) atoms. The van der Waals surface area contributed by atoms with Gasteiger partial charge in [0.25, 0.3) is 0 Å². The molecule has 0 fully saturated rings. The SMILES string of the molecule is CC(C)c1ccc(CC(C)(C)c2c(F)cccc2Cl)c(Cl)c1F. The molecule has 0 nitrogen and oxygen atoms in total. The van der Waals surface area contributed by atoms with E-state index in [0.29, 0.717) is 28.1 Å². The number of rotatable bonds is 4. The monoisotopic (exact) mass is 356 g/mol. The predicted octanol–water partition coefficient (Wildman–Crippen LogP) is 6.92. The largest absolute Gasteiger partial charge is 0.207 e. The summed E-state index contributed by atoms with van der Waals surface area (Å²) in [5.41, 5.74) is 1.04. The molecule has 0 aliphatic heterocycles. The van der Waals surface area contributed by atoms with E-state index in [9.17, 15) is 8.78 Å². The van der Waals surface area contributed by atoms with E-state index in [1.165, 1.54) is 6.07 Å². The van der Waals surface area contributed by atoms with E-state index in [4.69, 9.17) is 23.2 Å². The van der Waals surface area contributed by atoms with Crippen LogP contribution in [0.3, 0.4) is 0 Å². The van der Waals surface area contributed by atoms with Crippen LogP contribution in [0.4, 0.5) is 8.78 Å². The molecule has 2 aromatic rings. The molecule has 0 bridgehead atoms. The van der Waals surface area contributed by atoms with Gasteiger partial charge in [0.05, 0.1) is 5.02 Å². The quantitative estimate of drug-likeness (QED) is 0.557. The number of hydrogen-bond donors (Lipinski definition) is 0. The summed E-state index contributed by atoms with van der Waals surface area (Å²) in [4.78, 5) is 0. The fourth-order valence-electron chi connectivity index (χ4n) is 2.90.